The summed E-state index contributed by atoms with van der Waals surface area (Å²) in [5, 5.41) is 11.1. The normalized spacial score (nSPS) is 12.8. The summed E-state index contributed by atoms with van der Waals surface area (Å²) < 4.78 is 37.6. The summed E-state index contributed by atoms with van der Waals surface area (Å²) in [5.74, 6) is -1.71. The van der Waals surface area contributed by atoms with Crippen LogP contribution in [0.3, 0.4) is 0 Å². The lowest BCUT2D eigenvalue weighted by Gasteiger charge is -2.11. The third-order valence-corrected chi connectivity index (χ3v) is 2.80. The molecule has 7 heteroatoms. The van der Waals surface area contributed by atoms with Gasteiger partial charge in [-0.3, -0.25) is 9.59 Å². The Bertz CT molecular complexity index is 514. The number of carbonyl (C=O) groups is 2. The predicted molar refractivity (Wildman–Crippen MR) is 69.3 cm³/mol. The Hall–Kier alpha value is -2.05. The Morgan fingerprint density at radius 2 is 1.95 bits per heavy atom. The Morgan fingerprint density at radius 3 is 2.52 bits per heavy atom. The number of alkyl halides is 3. The topological polar surface area (TPSA) is 66.4 Å². The van der Waals surface area contributed by atoms with Gasteiger partial charge in [-0.25, -0.2) is 0 Å². The zero-order valence-electron chi connectivity index (χ0n) is 11.4. The maximum atomic E-state index is 12.5. The number of nitrogens with one attached hydrogen (secondary N) is 1. The number of carbonyl (C=O) groups excluding carboxylic acids is 1. The largest absolute Gasteiger partial charge is 0.481 e. The van der Waals surface area contributed by atoms with Crippen molar-refractivity contribution < 1.29 is 27.9 Å². The van der Waals surface area contributed by atoms with Crippen molar-refractivity contribution in [1.82, 2.24) is 5.32 Å². The highest BCUT2D eigenvalue weighted by Gasteiger charge is 2.30. The number of rotatable bonds is 6. The van der Waals surface area contributed by atoms with E-state index < -0.39 is 17.7 Å². The third-order valence-electron chi connectivity index (χ3n) is 2.80. The minimum absolute atomic E-state index is 0.0191. The van der Waals surface area contributed by atoms with Crippen LogP contribution in [-0.4, -0.2) is 17.0 Å². The van der Waals surface area contributed by atoms with E-state index in [4.69, 9.17) is 5.11 Å². The van der Waals surface area contributed by atoms with Gasteiger partial charge in [0.05, 0.1) is 5.56 Å². The molecule has 0 bridgehead atoms. The molecule has 0 saturated heterocycles. The van der Waals surface area contributed by atoms with Crippen LogP contribution in [-0.2, 0) is 22.3 Å². The van der Waals surface area contributed by atoms with Crippen LogP contribution in [0, 0.1) is 5.92 Å². The second-order valence-electron chi connectivity index (χ2n) is 4.88. The molecule has 0 aromatic heterocycles. The van der Waals surface area contributed by atoms with E-state index in [0.29, 0.717) is 5.56 Å². The van der Waals surface area contributed by atoms with Crippen LogP contribution in [0.15, 0.2) is 24.3 Å². The minimum atomic E-state index is -4.42. The molecular weight excluding hydrogens is 287 g/mol. The van der Waals surface area contributed by atoms with E-state index in [1.807, 2.05) is 0 Å². The molecule has 0 spiro atoms. The molecule has 1 amide bonds. The number of carboxylic acid groups (broad SMARTS) is 1. The number of aliphatic carboxylic acids is 1. The maximum Gasteiger partial charge on any atom is 0.416 e. The minimum Gasteiger partial charge on any atom is -0.481 e. The number of carboxylic acids is 1. The molecule has 0 aliphatic heterocycles. The van der Waals surface area contributed by atoms with Crippen LogP contribution < -0.4 is 5.32 Å². The second-order valence-corrected chi connectivity index (χ2v) is 4.88. The fraction of sp³-hybridized carbons (Fsp3) is 0.429. The van der Waals surface area contributed by atoms with Gasteiger partial charge in [-0.15, -0.1) is 0 Å². The van der Waals surface area contributed by atoms with E-state index >= 15 is 0 Å². The highest BCUT2D eigenvalue weighted by Crippen LogP contribution is 2.29. The summed E-state index contributed by atoms with van der Waals surface area (Å²) in [7, 11) is 0. The van der Waals surface area contributed by atoms with Gasteiger partial charge in [-0.2, -0.15) is 13.2 Å². The van der Waals surface area contributed by atoms with Crippen LogP contribution in [0.2, 0.25) is 0 Å². The third kappa shape index (κ3) is 6.29. The Labute approximate surface area is 120 Å². The van der Waals surface area contributed by atoms with Gasteiger partial charge in [0, 0.05) is 19.4 Å². The molecule has 1 atom stereocenters. The zero-order valence-corrected chi connectivity index (χ0v) is 11.4. The molecule has 0 aliphatic rings. The number of hydrogen-bond donors (Lipinski definition) is 2. The lowest BCUT2D eigenvalue weighted by Crippen LogP contribution is -2.25. The average molecular weight is 303 g/mol. The van der Waals surface area contributed by atoms with Gasteiger partial charge >= 0.3 is 12.1 Å². The van der Waals surface area contributed by atoms with E-state index in [-0.39, 0.29) is 31.2 Å². The lowest BCUT2D eigenvalue weighted by atomic mass is 10.0. The van der Waals surface area contributed by atoms with Gasteiger partial charge in [-0.05, 0) is 23.6 Å². The van der Waals surface area contributed by atoms with Crippen molar-refractivity contribution in [3.05, 3.63) is 35.4 Å². The molecule has 1 aromatic carbocycles. The van der Waals surface area contributed by atoms with Crippen molar-refractivity contribution >= 4 is 11.9 Å². The molecular formula is C14H16F3NO3. The first-order chi connectivity index (χ1) is 9.68. The second kappa shape index (κ2) is 7.10. The van der Waals surface area contributed by atoms with Crippen molar-refractivity contribution in [1.29, 1.82) is 0 Å². The predicted octanol–water partition coefficient (Wildman–Crippen LogP) is 2.82. The summed E-state index contributed by atoms with van der Waals surface area (Å²) in [6.45, 7) is 1.60. The van der Waals surface area contributed by atoms with Gasteiger partial charge in [0.1, 0.15) is 0 Å². The highest BCUT2D eigenvalue weighted by molar-refractivity contribution is 5.77. The van der Waals surface area contributed by atoms with Crippen molar-refractivity contribution in [2.75, 3.05) is 0 Å². The molecule has 1 unspecified atom stereocenters. The van der Waals surface area contributed by atoms with Crippen LogP contribution in [0.25, 0.3) is 0 Å². The van der Waals surface area contributed by atoms with Crippen molar-refractivity contribution in [3.63, 3.8) is 0 Å². The Kier molecular flexibility index (Phi) is 5.75. The molecule has 2 N–H and O–H groups in total. The van der Waals surface area contributed by atoms with Crippen LogP contribution in [0.4, 0.5) is 13.2 Å². The zero-order chi connectivity index (χ0) is 16.0. The van der Waals surface area contributed by atoms with Gasteiger partial charge in [0.2, 0.25) is 5.91 Å². The number of benzene rings is 1. The molecule has 0 radical (unpaired) electrons. The summed E-state index contributed by atoms with van der Waals surface area (Å²) in [5.41, 5.74) is -0.433. The van der Waals surface area contributed by atoms with Crippen LogP contribution >= 0.6 is 0 Å². The number of hydrogen-bond acceptors (Lipinski definition) is 2. The van der Waals surface area contributed by atoms with Crippen LogP contribution in [0.1, 0.15) is 30.9 Å². The molecule has 0 aliphatic carbocycles. The summed E-state index contributed by atoms with van der Waals surface area (Å²) in [6.07, 6.45) is -4.53. The first-order valence-corrected chi connectivity index (χ1v) is 6.33. The van der Waals surface area contributed by atoms with Crippen molar-refractivity contribution in [2.24, 2.45) is 5.92 Å². The molecule has 0 fully saturated rings. The molecule has 4 nitrogen and oxygen atoms in total. The first-order valence-electron chi connectivity index (χ1n) is 6.33. The van der Waals surface area contributed by atoms with Gasteiger partial charge in [0.25, 0.3) is 0 Å². The van der Waals surface area contributed by atoms with E-state index in [9.17, 15) is 22.8 Å². The summed E-state index contributed by atoms with van der Waals surface area (Å²) in [6, 6.07) is 4.69. The Balaban J connectivity index is 2.52. The molecule has 0 saturated carbocycles. The summed E-state index contributed by atoms with van der Waals surface area (Å²) in [4.78, 5) is 22.0. The van der Waals surface area contributed by atoms with Crippen molar-refractivity contribution in [2.45, 2.75) is 32.5 Å². The molecule has 0 heterocycles. The lowest BCUT2D eigenvalue weighted by molar-refractivity contribution is -0.138. The van der Waals surface area contributed by atoms with Gasteiger partial charge < -0.3 is 10.4 Å². The van der Waals surface area contributed by atoms with Crippen molar-refractivity contribution in [3.8, 4) is 0 Å². The van der Waals surface area contributed by atoms with Crippen LogP contribution in [0.5, 0.6) is 0 Å². The van der Waals surface area contributed by atoms with Gasteiger partial charge in [-0.1, -0.05) is 19.1 Å². The van der Waals surface area contributed by atoms with Gasteiger partial charge in [0.15, 0.2) is 0 Å². The quantitative estimate of drug-likeness (QED) is 0.849. The molecule has 1 rings (SSSR count). The molecule has 21 heavy (non-hydrogen) atoms. The summed E-state index contributed by atoms with van der Waals surface area (Å²) >= 11 is 0. The average Bonchev–Trinajstić information content (AvgIpc) is 2.34. The molecule has 116 valence electrons. The standard InChI is InChI=1S/C14H16F3NO3/c1-9(6-13(20)21)5-12(19)18-8-10-3-2-4-11(7-10)14(15,16)17/h2-4,7,9H,5-6,8H2,1H3,(H,18,19)(H,20,21). The maximum absolute atomic E-state index is 12.5. The van der Waals surface area contributed by atoms with E-state index in [1.165, 1.54) is 12.1 Å². The van der Waals surface area contributed by atoms with E-state index in [1.54, 1.807) is 6.92 Å². The van der Waals surface area contributed by atoms with E-state index in [2.05, 4.69) is 5.32 Å². The Morgan fingerprint density at radius 1 is 1.29 bits per heavy atom. The SMILES string of the molecule is CC(CC(=O)O)CC(=O)NCc1cccc(C(F)(F)F)c1. The highest BCUT2D eigenvalue weighted by atomic mass is 19.4. The van der Waals surface area contributed by atoms with E-state index in [0.717, 1.165) is 12.1 Å². The smallest absolute Gasteiger partial charge is 0.416 e. The number of halogens is 3. The molecule has 1 aromatic rings. The number of amides is 1. The fourth-order valence-electron chi connectivity index (χ4n) is 1.82. The fourth-order valence-corrected chi connectivity index (χ4v) is 1.82. The first kappa shape index (κ1) is 17.0. The monoisotopic (exact) mass is 303 g/mol.